The molecule has 10 rings (SSSR count). The van der Waals surface area contributed by atoms with E-state index in [-0.39, 0.29) is 0 Å². The molecule has 4 heteroatoms. The number of benzene rings is 8. The number of aromatic nitrogens is 2. The van der Waals surface area contributed by atoms with E-state index in [4.69, 9.17) is 0 Å². The summed E-state index contributed by atoms with van der Waals surface area (Å²) in [6.45, 7) is 0. The Bertz CT molecular complexity index is 3040. The third-order valence-electron chi connectivity index (χ3n) is 10.4. The van der Waals surface area contributed by atoms with Crippen LogP contribution in [0, 0.1) is 22.7 Å². The number of fused-ring (bicyclic) bond motifs is 8. The number of hydrogen-bond acceptors (Lipinski definition) is 2. The maximum atomic E-state index is 10.8. The lowest BCUT2D eigenvalue weighted by molar-refractivity contribution is 1.12. The molecule has 0 spiro atoms. The molecule has 0 amide bonds. The molecule has 4 nitrogen and oxygen atoms in total. The minimum Gasteiger partial charge on any atom is -0.308 e. The zero-order valence-corrected chi connectivity index (χ0v) is 28.0. The second kappa shape index (κ2) is 11.6. The fraction of sp³-hybridized carbons (Fsp3) is 0. The number of hydrogen-bond donors (Lipinski definition) is 0. The third-order valence-corrected chi connectivity index (χ3v) is 10.4. The van der Waals surface area contributed by atoms with Crippen LogP contribution in [0.1, 0.15) is 11.1 Å². The maximum Gasteiger partial charge on any atom is 0.101 e. The first-order valence-electron chi connectivity index (χ1n) is 17.3. The monoisotopic (exact) mass is 660 g/mol. The second-order valence-corrected chi connectivity index (χ2v) is 13.2. The molecule has 2 aromatic heterocycles. The van der Waals surface area contributed by atoms with E-state index in [0.29, 0.717) is 22.5 Å². The van der Waals surface area contributed by atoms with Gasteiger partial charge in [0, 0.05) is 21.5 Å². The van der Waals surface area contributed by atoms with Gasteiger partial charge >= 0.3 is 0 Å². The van der Waals surface area contributed by atoms with Crippen LogP contribution in [0.5, 0.6) is 0 Å². The van der Waals surface area contributed by atoms with Crippen LogP contribution in [0.3, 0.4) is 0 Å². The molecule has 0 aliphatic rings. The normalized spacial score (nSPS) is 11.4. The van der Waals surface area contributed by atoms with Crippen molar-refractivity contribution in [2.24, 2.45) is 0 Å². The molecule has 52 heavy (non-hydrogen) atoms. The largest absolute Gasteiger partial charge is 0.308 e. The molecule has 0 atom stereocenters. The van der Waals surface area contributed by atoms with Crippen LogP contribution in [-0.2, 0) is 0 Å². The molecule has 10 aromatic rings. The van der Waals surface area contributed by atoms with E-state index in [1.54, 1.807) is 0 Å². The lowest BCUT2D eigenvalue weighted by Gasteiger charge is -2.16. The highest BCUT2D eigenvalue weighted by Gasteiger charge is 2.22. The van der Waals surface area contributed by atoms with E-state index in [2.05, 4.69) is 161 Å². The molecule has 0 saturated heterocycles. The zero-order valence-electron chi connectivity index (χ0n) is 28.0. The van der Waals surface area contributed by atoms with Gasteiger partial charge in [0.1, 0.15) is 12.1 Å². The van der Waals surface area contributed by atoms with Crippen molar-refractivity contribution in [3.05, 3.63) is 181 Å². The minimum atomic E-state index is 0.485. The summed E-state index contributed by atoms with van der Waals surface area (Å²) in [7, 11) is 0. The van der Waals surface area contributed by atoms with Crippen LogP contribution < -0.4 is 0 Å². The molecule has 8 aromatic carbocycles. The zero-order chi connectivity index (χ0) is 34.8. The Hall–Kier alpha value is -7.40. The highest BCUT2D eigenvalue weighted by atomic mass is 15.0. The van der Waals surface area contributed by atoms with Gasteiger partial charge in [-0.3, -0.25) is 0 Å². The Balaban J connectivity index is 1.26. The first-order chi connectivity index (χ1) is 25.7. The topological polar surface area (TPSA) is 57.4 Å². The molecule has 0 radical (unpaired) electrons. The molecular formula is C48H28N4. The standard InChI is InChI=1S/C48H28N4/c49-29-36-28-47(52-42-18-10-9-17-39(42)48-38-16-8-7-15-33(38)19-24-45(48)52)37(30-50)27-46(36)51-43-22-20-34(31-11-3-1-4-12-31)25-40(43)41-26-35(21-23-44(41)51)32-13-5-2-6-14-32/h1-28H. The van der Waals surface area contributed by atoms with Crippen LogP contribution in [0.4, 0.5) is 0 Å². The van der Waals surface area contributed by atoms with Gasteiger partial charge in [0.15, 0.2) is 0 Å². The predicted octanol–water partition coefficient (Wildman–Crippen LogP) is 12.1. The van der Waals surface area contributed by atoms with Crippen molar-refractivity contribution in [2.75, 3.05) is 0 Å². The van der Waals surface area contributed by atoms with Crippen LogP contribution in [0.15, 0.2) is 170 Å². The summed E-state index contributed by atoms with van der Waals surface area (Å²) in [5, 5.41) is 28.4. The van der Waals surface area contributed by atoms with Crippen molar-refractivity contribution < 1.29 is 0 Å². The summed E-state index contributed by atoms with van der Waals surface area (Å²) in [5.74, 6) is 0. The van der Waals surface area contributed by atoms with Gasteiger partial charge in [-0.15, -0.1) is 0 Å². The van der Waals surface area contributed by atoms with Crippen LogP contribution in [-0.4, -0.2) is 9.13 Å². The molecule has 0 saturated carbocycles. The van der Waals surface area contributed by atoms with Gasteiger partial charge < -0.3 is 9.13 Å². The first-order valence-corrected chi connectivity index (χ1v) is 17.3. The Labute approximate surface area is 299 Å². The Morgan fingerprint density at radius 2 is 0.808 bits per heavy atom. The molecule has 0 unspecified atom stereocenters. The van der Waals surface area contributed by atoms with Gasteiger partial charge in [0.05, 0.1) is 44.6 Å². The van der Waals surface area contributed by atoms with Crippen molar-refractivity contribution in [3.8, 4) is 45.8 Å². The van der Waals surface area contributed by atoms with E-state index in [1.807, 2.05) is 30.3 Å². The SMILES string of the molecule is N#Cc1cc(-n2c3ccccc3c3c4ccccc4ccc32)c(C#N)cc1-n1c2ccc(-c3ccccc3)cc2c2cc(-c3ccccc3)ccc21. The van der Waals surface area contributed by atoms with Gasteiger partial charge in [-0.25, -0.2) is 0 Å². The summed E-state index contributed by atoms with van der Waals surface area (Å²) < 4.78 is 4.29. The number of rotatable bonds is 4. The summed E-state index contributed by atoms with van der Waals surface area (Å²) >= 11 is 0. The Morgan fingerprint density at radius 3 is 1.38 bits per heavy atom. The van der Waals surface area contributed by atoms with Gasteiger partial charge in [0.25, 0.3) is 0 Å². The Kier molecular flexibility index (Phi) is 6.58. The van der Waals surface area contributed by atoms with Gasteiger partial charge in [-0.2, -0.15) is 10.5 Å². The van der Waals surface area contributed by atoms with Crippen molar-refractivity contribution in [2.45, 2.75) is 0 Å². The van der Waals surface area contributed by atoms with Gasteiger partial charge in [-0.05, 0) is 81.6 Å². The molecular weight excluding hydrogens is 633 g/mol. The number of para-hydroxylation sites is 1. The lowest BCUT2D eigenvalue weighted by Crippen LogP contribution is -2.04. The van der Waals surface area contributed by atoms with E-state index in [0.717, 1.165) is 76.6 Å². The predicted molar refractivity (Wildman–Crippen MR) is 213 cm³/mol. The molecule has 0 bridgehead atoms. The van der Waals surface area contributed by atoms with Crippen molar-refractivity contribution in [1.29, 1.82) is 10.5 Å². The van der Waals surface area contributed by atoms with Crippen LogP contribution in [0.2, 0.25) is 0 Å². The average Bonchev–Trinajstić information content (AvgIpc) is 3.73. The molecule has 2 heterocycles. The molecule has 0 aliphatic heterocycles. The molecule has 0 fully saturated rings. The van der Waals surface area contributed by atoms with Gasteiger partial charge in [-0.1, -0.05) is 121 Å². The first kappa shape index (κ1) is 29.5. The van der Waals surface area contributed by atoms with E-state index < -0.39 is 0 Å². The summed E-state index contributed by atoms with van der Waals surface area (Å²) in [6, 6.07) is 63.6. The molecule has 0 aliphatic carbocycles. The summed E-state index contributed by atoms with van der Waals surface area (Å²) in [5.41, 5.74) is 10.8. The lowest BCUT2D eigenvalue weighted by atomic mass is 10.0. The van der Waals surface area contributed by atoms with Gasteiger partial charge in [0.2, 0.25) is 0 Å². The maximum absolute atomic E-state index is 10.8. The van der Waals surface area contributed by atoms with E-state index in [9.17, 15) is 10.5 Å². The average molecular weight is 661 g/mol. The minimum absolute atomic E-state index is 0.485. The number of nitrogens with zero attached hydrogens (tertiary/aromatic N) is 4. The van der Waals surface area contributed by atoms with Crippen LogP contribution >= 0.6 is 0 Å². The molecule has 0 N–H and O–H groups in total. The van der Waals surface area contributed by atoms with Crippen molar-refractivity contribution in [3.63, 3.8) is 0 Å². The second-order valence-electron chi connectivity index (χ2n) is 13.2. The summed E-state index contributed by atoms with van der Waals surface area (Å²) in [6.07, 6.45) is 0. The van der Waals surface area contributed by atoms with E-state index in [1.165, 1.54) is 0 Å². The number of nitriles is 2. The smallest absolute Gasteiger partial charge is 0.101 e. The fourth-order valence-electron chi connectivity index (χ4n) is 8.03. The van der Waals surface area contributed by atoms with Crippen molar-refractivity contribution in [1.82, 2.24) is 9.13 Å². The summed E-state index contributed by atoms with van der Waals surface area (Å²) in [4.78, 5) is 0. The third kappa shape index (κ3) is 4.39. The fourth-order valence-corrected chi connectivity index (χ4v) is 8.03. The van der Waals surface area contributed by atoms with Crippen molar-refractivity contribution >= 4 is 54.4 Å². The quantitative estimate of drug-likeness (QED) is 0.189. The highest BCUT2D eigenvalue weighted by molar-refractivity contribution is 6.21. The van der Waals surface area contributed by atoms with E-state index >= 15 is 0 Å². The highest BCUT2D eigenvalue weighted by Crippen LogP contribution is 2.41. The molecule has 240 valence electrons. The Morgan fingerprint density at radius 1 is 0.346 bits per heavy atom. The van der Waals surface area contributed by atoms with Crippen LogP contribution in [0.25, 0.3) is 88.0 Å².